The summed E-state index contributed by atoms with van der Waals surface area (Å²) < 4.78 is 12.8. The first kappa shape index (κ1) is 28.7. The van der Waals surface area contributed by atoms with Crippen LogP contribution in [0.4, 0.5) is 0 Å². The summed E-state index contributed by atoms with van der Waals surface area (Å²) in [6.07, 6.45) is 14.0. The normalized spacial score (nSPS) is 41.4. The van der Waals surface area contributed by atoms with Crippen LogP contribution >= 0.6 is 0 Å². The number of allylic oxidation sites excluding steroid dienone is 2. The molecule has 1 aliphatic heterocycles. The van der Waals surface area contributed by atoms with Gasteiger partial charge < -0.3 is 14.8 Å². The molecule has 0 bridgehead atoms. The van der Waals surface area contributed by atoms with Crippen LogP contribution in [0.15, 0.2) is 23.0 Å². The van der Waals surface area contributed by atoms with Gasteiger partial charge in [0.2, 0.25) is 5.91 Å². The second-order valence-electron chi connectivity index (χ2n) is 14.6. The van der Waals surface area contributed by atoms with E-state index in [0.717, 1.165) is 63.3 Å². The average Bonchev–Trinajstić information content (AvgIpc) is 3.27. The van der Waals surface area contributed by atoms with E-state index >= 15 is 0 Å². The van der Waals surface area contributed by atoms with Crippen LogP contribution in [-0.4, -0.2) is 30.1 Å². The van der Waals surface area contributed by atoms with Gasteiger partial charge in [0, 0.05) is 38.6 Å². The highest BCUT2D eigenvalue weighted by atomic mass is 16.5. The van der Waals surface area contributed by atoms with Gasteiger partial charge in [-0.2, -0.15) is 0 Å². The lowest BCUT2D eigenvalue weighted by Gasteiger charge is -2.58. The highest BCUT2D eigenvalue weighted by Gasteiger charge is 2.67. The molecule has 5 aliphatic rings. The summed E-state index contributed by atoms with van der Waals surface area (Å²) >= 11 is 0. The van der Waals surface area contributed by atoms with Gasteiger partial charge in [-0.25, -0.2) is 0 Å². The molecular formula is C34H53NO4. The Hall–Kier alpha value is -1.78. The van der Waals surface area contributed by atoms with E-state index in [-0.39, 0.29) is 34.4 Å². The summed E-state index contributed by atoms with van der Waals surface area (Å²) in [5.41, 5.74) is 3.51. The Morgan fingerprint density at radius 1 is 1.18 bits per heavy atom. The maximum atomic E-state index is 12.2. The molecule has 1 amide bonds. The zero-order valence-corrected chi connectivity index (χ0v) is 25.7. The summed E-state index contributed by atoms with van der Waals surface area (Å²) in [4.78, 5) is 23.5. The third-order valence-corrected chi connectivity index (χ3v) is 11.9. The van der Waals surface area contributed by atoms with Crippen molar-refractivity contribution in [3.05, 3.63) is 23.0 Å². The number of carbonyl (C=O) groups excluding carboxylic acids is 2. The lowest BCUT2D eigenvalue weighted by Crippen LogP contribution is -2.50. The zero-order chi connectivity index (χ0) is 28.2. The van der Waals surface area contributed by atoms with Gasteiger partial charge in [-0.15, -0.1) is 0 Å². The molecule has 39 heavy (non-hydrogen) atoms. The minimum absolute atomic E-state index is 0.0236. The molecule has 5 rings (SSSR count). The summed E-state index contributed by atoms with van der Waals surface area (Å²) in [5.74, 6) is 4.34. The van der Waals surface area contributed by atoms with Gasteiger partial charge in [0.05, 0.1) is 5.76 Å². The van der Waals surface area contributed by atoms with Crippen molar-refractivity contribution in [1.29, 1.82) is 0 Å². The molecule has 5 nitrogen and oxygen atoms in total. The van der Waals surface area contributed by atoms with E-state index in [9.17, 15) is 9.59 Å². The molecule has 1 N–H and O–H groups in total. The Kier molecular flexibility index (Phi) is 7.78. The molecule has 1 heterocycles. The number of hydrogen-bond acceptors (Lipinski definition) is 4. The number of nitrogens with one attached hydrogen (secondary N) is 1. The molecule has 0 aromatic rings. The molecule has 0 unspecified atom stereocenters. The molecule has 0 aromatic heterocycles. The maximum Gasteiger partial charge on any atom is 0.306 e. The standard InChI is InChI=1S/C34H53NO4/c1-8-9-30(37)38-25-14-16-32(5)24(18-25)11-12-26-27(32)15-17-33(6)28(26)19-34(7)31(33)22(3)29(39-34)13-10-21(2)20-35-23(4)36/h11,21,25-28,31H,8-10,12-20H2,1-7H3,(H,35,36)/t21-,25-,26-,27+,28+,31-,32+,33+,34-/m1/s1. The molecule has 0 radical (unpaired) electrons. The first-order chi connectivity index (χ1) is 18.4. The number of ether oxygens (including phenoxy) is 2. The Morgan fingerprint density at radius 3 is 2.67 bits per heavy atom. The zero-order valence-electron chi connectivity index (χ0n) is 25.7. The van der Waals surface area contributed by atoms with Gasteiger partial charge in [0.25, 0.3) is 0 Å². The van der Waals surface area contributed by atoms with Crippen molar-refractivity contribution in [2.45, 2.75) is 131 Å². The van der Waals surface area contributed by atoms with Crippen LogP contribution in [-0.2, 0) is 19.1 Å². The molecule has 0 saturated heterocycles. The van der Waals surface area contributed by atoms with Gasteiger partial charge in [-0.3, -0.25) is 9.59 Å². The number of carbonyl (C=O) groups is 2. The van der Waals surface area contributed by atoms with Crippen molar-refractivity contribution in [2.75, 3.05) is 6.54 Å². The van der Waals surface area contributed by atoms with Crippen LogP contribution < -0.4 is 5.32 Å². The van der Waals surface area contributed by atoms with E-state index in [1.807, 2.05) is 6.92 Å². The van der Waals surface area contributed by atoms with Crippen molar-refractivity contribution in [3.8, 4) is 0 Å². The van der Waals surface area contributed by atoms with E-state index in [2.05, 4.69) is 46.0 Å². The van der Waals surface area contributed by atoms with Crippen molar-refractivity contribution in [1.82, 2.24) is 5.32 Å². The van der Waals surface area contributed by atoms with E-state index in [1.165, 1.54) is 30.6 Å². The quantitative estimate of drug-likeness (QED) is 0.256. The van der Waals surface area contributed by atoms with Crippen LogP contribution in [0.25, 0.3) is 0 Å². The average molecular weight is 540 g/mol. The van der Waals surface area contributed by atoms with Gasteiger partial charge in [-0.05, 0) is 105 Å². The molecule has 4 aliphatic carbocycles. The largest absolute Gasteiger partial charge is 0.491 e. The maximum absolute atomic E-state index is 12.2. The Morgan fingerprint density at radius 2 is 1.95 bits per heavy atom. The van der Waals surface area contributed by atoms with E-state index in [0.29, 0.717) is 24.2 Å². The fourth-order valence-corrected chi connectivity index (χ4v) is 10.1. The highest BCUT2D eigenvalue weighted by molar-refractivity contribution is 5.72. The second-order valence-corrected chi connectivity index (χ2v) is 14.6. The molecule has 0 aromatic carbocycles. The van der Waals surface area contributed by atoms with Crippen LogP contribution in [0.5, 0.6) is 0 Å². The molecule has 5 heteroatoms. The fourth-order valence-electron chi connectivity index (χ4n) is 10.1. The van der Waals surface area contributed by atoms with Crippen LogP contribution in [0, 0.1) is 40.4 Å². The molecule has 9 atom stereocenters. The van der Waals surface area contributed by atoms with E-state index in [4.69, 9.17) is 9.47 Å². The Labute approximate surface area is 236 Å². The summed E-state index contributed by atoms with van der Waals surface area (Å²) in [6, 6.07) is 0. The highest BCUT2D eigenvalue weighted by Crippen LogP contribution is 2.71. The third-order valence-electron chi connectivity index (χ3n) is 11.9. The third kappa shape index (κ3) is 4.99. The smallest absolute Gasteiger partial charge is 0.306 e. The fraction of sp³-hybridized carbons (Fsp3) is 0.824. The SMILES string of the molecule is CCCC(=O)O[C@@H]1CC[C@@]2(C)C(=CC[C@H]3[C@@H]4C[C@@]5(C)OC(CC[C@@H](C)CNC(C)=O)=C(C)[C@@H]5[C@@]4(C)CC[C@@H]32)C1. The number of hydrogen-bond donors (Lipinski definition) is 1. The van der Waals surface area contributed by atoms with Gasteiger partial charge in [0.1, 0.15) is 11.7 Å². The Bertz CT molecular complexity index is 1050. The van der Waals surface area contributed by atoms with Gasteiger partial charge >= 0.3 is 5.97 Å². The summed E-state index contributed by atoms with van der Waals surface area (Å²) in [7, 11) is 0. The van der Waals surface area contributed by atoms with Crippen molar-refractivity contribution in [2.24, 2.45) is 40.4 Å². The van der Waals surface area contributed by atoms with Crippen molar-refractivity contribution < 1.29 is 19.1 Å². The van der Waals surface area contributed by atoms with Crippen LogP contribution in [0.2, 0.25) is 0 Å². The topological polar surface area (TPSA) is 64.6 Å². The lowest BCUT2D eigenvalue weighted by molar-refractivity contribution is -0.151. The minimum atomic E-state index is -0.0926. The van der Waals surface area contributed by atoms with E-state index in [1.54, 1.807) is 12.5 Å². The molecule has 218 valence electrons. The van der Waals surface area contributed by atoms with Gasteiger partial charge in [-0.1, -0.05) is 39.3 Å². The first-order valence-electron chi connectivity index (χ1n) is 15.9. The number of esters is 1. The molecule has 3 saturated carbocycles. The minimum Gasteiger partial charge on any atom is -0.491 e. The molecule has 0 spiro atoms. The predicted molar refractivity (Wildman–Crippen MR) is 155 cm³/mol. The lowest BCUT2D eigenvalue weighted by atomic mass is 9.47. The number of rotatable bonds is 8. The Balaban J connectivity index is 1.30. The monoisotopic (exact) mass is 539 g/mol. The summed E-state index contributed by atoms with van der Waals surface area (Å²) in [5, 5.41) is 2.96. The van der Waals surface area contributed by atoms with Crippen molar-refractivity contribution in [3.63, 3.8) is 0 Å². The van der Waals surface area contributed by atoms with Crippen LogP contribution in [0.1, 0.15) is 119 Å². The number of amides is 1. The first-order valence-corrected chi connectivity index (χ1v) is 15.9. The van der Waals surface area contributed by atoms with E-state index < -0.39 is 0 Å². The molecular weight excluding hydrogens is 486 g/mol. The van der Waals surface area contributed by atoms with Gasteiger partial charge in [0.15, 0.2) is 0 Å². The predicted octanol–water partition coefficient (Wildman–Crippen LogP) is 7.50. The summed E-state index contributed by atoms with van der Waals surface area (Å²) in [6.45, 7) is 16.5. The van der Waals surface area contributed by atoms with Crippen LogP contribution in [0.3, 0.4) is 0 Å². The second kappa shape index (κ2) is 10.6. The van der Waals surface area contributed by atoms with Crippen molar-refractivity contribution >= 4 is 11.9 Å². The number of fused-ring (bicyclic) bond motifs is 7. The molecule has 3 fully saturated rings.